The van der Waals surface area contributed by atoms with Crippen LogP contribution in [-0.4, -0.2) is 57.6 Å². The molecule has 2 heterocycles. The normalized spacial score (nSPS) is 14.9. The van der Waals surface area contributed by atoms with Crippen LogP contribution in [0.25, 0.3) is 0 Å². The fourth-order valence-electron chi connectivity index (χ4n) is 3.43. The summed E-state index contributed by atoms with van der Waals surface area (Å²) in [5.74, 6) is -0.477. The van der Waals surface area contributed by atoms with Gasteiger partial charge < -0.3 is 9.80 Å². The zero-order valence-electron chi connectivity index (χ0n) is 16.4. The SMILES string of the molecule is Cc1cc(C)n(CCC(=O)N2CCN(C(=O)c3cccc(C(F)(F)F)c3)CC2)n1. The number of hydrogen-bond acceptors (Lipinski definition) is 3. The first-order chi connectivity index (χ1) is 13.6. The smallest absolute Gasteiger partial charge is 0.339 e. The third-order valence-electron chi connectivity index (χ3n) is 5.00. The Morgan fingerprint density at radius 1 is 1.03 bits per heavy atom. The maximum atomic E-state index is 12.9. The van der Waals surface area contributed by atoms with Crippen molar-refractivity contribution >= 4 is 11.8 Å². The van der Waals surface area contributed by atoms with Gasteiger partial charge in [-0.15, -0.1) is 0 Å². The van der Waals surface area contributed by atoms with E-state index in [1.807, 2.05) is 19.9 Å². The van der Waals surface area contributed by atoms with Crippen LogP contribution in [0.1, 0.15) is 33.7 Å². The Labute approximate surface area is 166 Å². The number of carbonyl (C=O) groups excluding carboxylic acids is 2. The molecule has 3 rings (SSSR count). The Morgan fingerprint density at radius 3 is 2.28 bits per heavy atom. The van der Waals surface area contributed by atoms with Gasteiger partial charge >= 0.3 is 6.18 Å². The van der Waals surface area contributed by atoms with Crippen molar-refractivity contribution in [2.24, 2.45) is 0 Å². The number of alkyl halides is 3. The Balaban J connectivity index is 1.54. The van der Waals surface area contributed by atoms with Crippen molar-refractivity contribution in [2.45, 2.75) is 33.0 Å². The van der Waals surface area contributed by atoms with Crippen LogP contribution in [0.4, 0.5) is 13.2 Å². The number of aromatic nitrogens is 2. The first-order valence-corrected chi connectivity index (χ1v) is 9.40. The van der Waals surface area contributed by atoms with Gasteiger partial charge in [-0.2, -0.15) is 18.3 Å². The number of aryl methyl sites for hydroxylation is 3. The third-order valence-corrected chi connectivity index (χ3v) is 5.00. The van der Waals surface area contributed by atoms with Gasteiger partial charge in [0.25, 0.3) is 5.91 Å². The summed E-state index contributed by atoms with van der Waals surface area (Å²) in [4.78, 5) is 28.2. The summed E-state index contributed by atoms with van der Waals surface area (Å²) in [6.07, 6.45) is -4.18. The number of nitrogens with zero attached hydrogens (tertiary/aromatic N) is 4. The van der Waals surface area contributed by atoms with E-state index in [0.29, 0.717) is 39.1 Å². The molecular weight excluding hydrogens is 385 g/mol. The van der Waals surface area contributed by atoms with E-state index >= 15 is 0 Å². The Bertz CT molecular complexity index is 899. The molecule has 1 aromatic carbocycles. The number of halogens is 3. The van der Waals surface area contributed by atoms with Crippen molar-refractivity contribution < 1.29 is 22.8 Å². The molecule has 0 radical (unpaired) electrons. The third kappa shape index (κ3) is 4.96. The standard InChI is InChI=1S/C20H23F3N4O2/c1-14-12-15(2)27(24-14)7-6-18(28)25-8-10-26(11-9-25)19(29)16-4-3-5-17(13-16)20(21,22)23/h3-5,12-13H,6-11H2,1-2H3. The molecule has 0 spiro atoms. The van der Waals surface area contributed by atoms with Gasteiger partial charge in [-0.1, -0.05) is 6.07 Å². The van der Waals surface area contributed by atoms with Gasteiger partial charge in [0.15, 0.2) is 0 Å². The minimum absolute atomic E-state index is 0.00382. The van der Waals surface area contributed by atoms with E-state index in [2.05, 4.69) is 5.10 Å². The highest BCUT2D eigenvalue weighted by Crippen LogP contribution is 2.29. The molecule has 0 N–H and O–H groups in total. The molecule has 0 aliphatic carbocycles. The summed E-state index contributed by atoms with van der Waals surface area (Å²) in [6.45, 7) is 5.62. The number of hydrogen-bond donors (Lipinski definition) is 0. The van der Waals surface area contributed by atoms with E-state index in [4.69, 9.17) is 0 Å². The van der Waals surface area contributed by atoms with Crippen LogP contribution in [-0.2, 0) is 17.5 Å². The molecule has 0 unspecified atom stereocenters. The number of rotatable bonds is 4. The van der Waals surface area contributed by atoms with Crippen LogP contribution in [0.15, 0.2) is 30.3 Å². The predicted molar refractivity (Wildman–Crippen MR) is 100 cm³/mol. The fourth-order valence-corrected chi connectivity index (χ4v) is 3.43. The lowest BCUT2D eigenvalue weighted by atomic mass is 10.1. The maximum Gasteiger partial charge on any atom is 0.416 e. The average Bonchev–Trinajstić information content (AvgIpc) is 3.02. The summed E-state index contributed by atoms with van der Waals surface area (Å²) in [5.41, 5.74) is 1.05. The van der Waals surface area contributed by atoms with Gasteiger partial charge in [-0.05, 0) is 38.1 Å². The molecule has 9 heteroatoms. The molecule has 6 nitrogen and oxygen atoms in total. The molecule has 0 atom stereocenters. The van der Waals surface area contributed by atoms with Crippen LogP contribution in [0.2, 0.25) is 0 Å². The summed E-state index contributed by atoms with van der Waals surface area (Å²) >= 11 is 0. The Kier molecular flexibility index (Phi) is 5.95. The summed E-state index contributed by atoms with van der Waals surface area (Å²) in [5, 5.41) is 4.33. The van der Waals surface area contributed by atoms with Crippen molar-refractivity contribution in [2.75, 3.05) is 26.2 Å². The second-order valence-electron chi connectivity index (χ2n) is 7.15. The van der Waals surface area contributed by atoms with Crippen LogP contribution in [0, 0.1) is 13.8 Å². The highest BCUT2D eigenvalue weighted by atomic mass is 19.4. The average molecular weight is 408 g/mol. The largest absolute Gasteiger partial charge is 0.416 e. The molecule has 29 heavy (non-hydrogen) atoms. The highest BCUT2D eigenvalue weighted by Gasteiger charge is 2.32. The van der Waals surface area contributed by atoms with Crippen LogP contribution < -0.4 is 0 Å². The molecule has 0 bridgehead atoms. The molecule has 156 valence electrons. The van der Waals surface area contributed by atoms with Crippen LogP contribution >= 0.6 is 0 Å². The molecular formula is C20H23F3N4O2. The van der Waals surface area contributed by atoms with Crippen molar-refractivity contribution in [3.05, 3.63) is 52.8 Å². The van der Waals surface area contributed by atoms with Crippen LogP contribution in [0.5, 0.6) is 0 Å². The predicted octanol–water partition coefficient (Wildman–Crippen LogP) is 2.89. The van der Waals surface area contributed by atoms with E-state index in [1.54, 1.807) is 9.58 Å². The molecule has 1 aliphatic heterocycles. The van der Waals surface area contributed by atoms with Gasteiger partial charge in [-0.3, -0.25) is 14.3 Å². The van der Waals surface area contributed by atoms with Crippen molar-refractivity contribution in [3.63, 3.8) is 0 Å². The quantitative estimate of drug-likeness (QED) is 0.782. The lowest BCUT2D eigenvalue weighted by Gasteiger charge is -2.35. The van der Waals surface area contributed by atoms with Crippen molar-refractivity contribution in [1.82, 2.24) is 19.6 Å². The van der Waals surface area contributed by atoms with Gasteiger partial charge in [0.1, 0.15) is 0 Å². The minimum Gasteiger partial charge on any atom is -0.339 e. The lowest BCUT2D eigenvalue weighted by Crippen LogP contribution is -2.50. The van der Waals surface area contributed by atoms with E-state index in [0.717, 1.165) is 23.5 Å². The maximum absolute atomic E-state index is 12.9. The molecule has 1 saturated heterocycles. The zero-order chi connectivity index (χ0) is 21.2. The molecule has 1 aromatic heterocycles. The van der Waals surface area contributed by atoms with Gasteiger partial charge in [0.2, 0.25) is 5.91 Å². The number of carbonyl (C=O) groups is 2. The molecule has 2 aromatic rings. The summed E-state index contributed by atoms with van der Waals surface area (Å²) in [6, 6.07) is 6.37. The topological polar surface area (TPSA) is 58.4 Å². The highest BCUT2D eigenvalue weighted by molar-refractivity contribution is 5.94. The van der Waals surface area contributed by atoms with E-state index in [1.165, 1.54) is 17.0 Å². The monoisotopic (exact) mass is 408 g/mol. The zero-order valence-corrected chi connectivity index (χ0v) is 16.4. The molecule has 2 amide bonds. The molecule has 1 fully saturated rings. The second-order valence-corrected chi connectivity index (χ2v) is 7.15. The van der Waals surface area contributed by atoms with E-state index in [-0.39, 0.29) is 11.5 Å². The van der Waals surface area contributed by atoms with Crippen molar-refractivity contribution in [3.8, 4) is 0 Å². The molecule has 1 aliphatic rings. The second kappa shape index (κ2) is 8.26. The first-order valence-electron chi connectivity index (χ1n) is 9.40. The van der Waals surface area contributed by atoms with E-state index < -0.39 is 17.6 Å². The van der Waals surface area contributed by atoms with E-state index in [9.17, 15) is 22.8 Å². The Hall–Kier alpha value is -2.84. The fraction of sp³-hybridized carbons (Fsp3) is 0.450. The van der Waals surface area contributed by atoms with Crippen LogP contribution in [0.3, 0.4) is 0 Å². The molecule has 0 saturated carbocycles. The minimum atomic E-state index is -4.49. The summed E-state index contributed by atoms with van der Waals surface area (Å²) < 4.78 is 40.4. The lowest BCUT2D eigenvalue weighted by molar-refractivity contribution is -0.137. The number of amides is 2. The summed E-state index contributed by atoms with van der Waals surface area (Å²) in [7, 11) is 0. The number of piperazine rings is 1. The van der Waals surface area contributed by atoms with Gasteiger partial charge in [-0.25, -0.2) is 0 Å². The Morgan fingerprint density at radius 2 is 1.69 bits per heavy atom. The van der Waals surface area contributed by atoms with Gasteiger partial charge in [0.05, 0.1) is 11.3 Å². The first kappa shape index (κ1) is 20.9. The van der Waals surface area contributed by atoms with Crippen molar-refractivity contribution in [1.29, 1.82) is 0 Å². The van der Waals surface area contributed by atoms with Gasteiger partial charge in [0, 0.05) is 50.4 Å². The number of benzene rings is 1.